The van der Waals surface area contributed by atoms with Gasteiger partial charge in [-0.2, -0.15) is 0 Å². The molecule has 0 aromatic carbocycles. The molecule has 1 amide bonds. The molecule has 0 aliphatic carbocycles. The van der Waals surface area contributed by atoms with Crippen LogP contribution in [0.15, 0.2) is 24.5 Å². The second-order valence-corrected chi connectivity index (χ2v) is 6.87. The van der Waals surface area contributed by atoms with Gasteiger partial charge in [0.2, 0.25) is 5.91 Å². The van der Waals surface area contributed by atoms with E-state index >= 15 is 0 Å². The highest BCUT2D eigenvalue weighted by Crippen LogP contribution is 2.36. The molecule has 6 nitrogen and oxygen atoms in total. The van der Waals surface area contributed by atoms with Gasteiger partial charge in [0.05, 0.1) is 5.60 Å². The molecular formula is C17H24N4O2. The van der Waals surface area contributed by atoms with E-state index in [2.05, 4.69) is 15.8 Å². The molecule has 6 heteroatoms. The second-order valence-electron chi connectivity index (χ2n) is 6.87. The number of rotatable bonds is 2. The van der Waals surface area contributed by atoms with Crippen molar-refractivity contribution in [1.82, 2.24) is 20.7 Å². The largest absolute Gasteiger partial charge is 0.375 e. The first-order valence-corrected chi connectivity index (χ1v) is 8.60. The van der Waals surface area contributed by atoms with E-state index in [0.29, 0.717) is 0 Å². The third-order valence-electron chi connectivity index (χ3n) is 5.48. The van der Waals surface area contributed by atoms with Gasteiger partial charge in [0.15, 0.2) is 0 Å². The molecule has 2 N–H and O–H groups in total. The van der Waals surface area contributed by atoms with E-state index in [4.69, 9.17) is 4.74 Å². The zero-order valence-electron chi connectivity index (χ0n) is 13.3. The van der Waals surface area contributed by atoms with Crippen molar-refractivity contribution in [3.8, 4) is 0 Å². The maximum absolute atomic E-state index is 12.8. The molecular weight excluding hydrogens is 292 g/mol. The molecule has 4 heterocycles. The van der Waals surface area contributed by atoms with Gasteiger partial charge in [-0.25, -0.2) is 10.9 Å². The first-order valence-electron chi connectivity index (χ1n) is 8.60. The van der Waals surface area contributed by atoms with E-state index in [1.165, 1.54) is 5.56 Å². The number of carbonyl (C=O) groups is 1. The zero-order chi connectivity index (χ0) is 15.7. The van der Waals surface area contributed by atoms with Crippen LogP contribution in [0.2, 0.25) is 0 Å². The van der Waals surface area contributed by atoms with Crippen LogP contribution in [-0.2, 0) is 9.53 Å². The normalized spacial score (nSPS) is 30.0. The fourth-order valence-corrected chi connectivity index (χ4v) is 4.04. The maximum Gasteiger partial charge on any atom is 0.241 e. The van der Waals surface area contributed by atoms with Crippen molar-refractivity contribution in [3.63, 3.8) is 0 Å². The second kappa shape index (κ2) is 6.19. The molecule has 4 rings (SSSR count). The Balaban J connectivity index is 1.34. The highest BCUT2D eigenvalue weighted by molar-refractivity contribution is 5.82. The maximum atomic E-state index is 12.8. The van der Waals surface area contributed by atoms with Crippen molar-refractivity contribution < 1.29 is 9.53 Å². The van der Waals surface area contributed by atoms with Gasteiger partial charge in [0.25, 0.3) is 0 Å². The van der Waals surface area contributed by atoms with Crippen LogP contribution < -0.4 is 10.9 Å². The van der Waals surface area contributed by atoms with Gasteiger partial charge >= 0.3 is 0 Å². The molecule has 1 aromatic heterocycles. The van der Waals surface area contributed by atoms with Crippen molar-refractivity contribution in [2.75, 3.05) is 19.7 Å². The summed E-state index contributed by atoms with van der Waals surface area (Å²) >= 11 is 0. The highest BCUT2D eigenvalue weighted by Gasteiger charge is 2.41. The Morgan fingerprint density at radius 3 is 2.70 bits per heavy atom. The summed E-state index contributed by atoms with van der Waals surface area (Å²) in [4.78, 5) is 18.8. The summed E-state index contributed by atoms with van der Waals surface area (Å²) in [6, 6.07) is 4.01. The highest BCUT2D eigenvalue weighted by atomic mass is 16.5. The number of pyridine rings is 1. The lowest BCUT2D eigenvalue weighted by atomic mass is 9.88. The standard InChI is InChI=1S/C17H24N4O2/c22-16(21-9-5-17(6-10-21)4-1-11-23-17)15-12-14(19-20-15)13-2-7-18-8-3-13/h2-3,7-8,14-15,19-20H,1,4-6,9-12H2. The van der Waals surface area contributed by atoms with Crippen LogP contribution in [0.4, 0.5) is 0 Å². The van der Waals surface area contributed by atoms with Gasteiger partial charge < -0.3 is 9.64 Å². The average Bonchev–Trinajstić information content (AvgIpc) is 3.26. The lowest BCUT2D eigenvalue weighted by Gasteiger charge is -2.39. The van der Waals surface area contributed by atoms with E-state index in [-0.39, 0.29) is 23.6 Å². The number of amides is 1. The Morgan fingerprint density at radius 2 is 2.00 bits per heavy atom. The molecule has 3 saturated heterocycles. The summed E-state index contributed by atoms with van der Waals surface area (Å²) in [5, 5.41) is 0. The predicted molar refractivity (Wildman–Crippen MR) is 85.4 cm³/mol. The van der Waals surface area contributed by atoms with Crippen molar-refractivity contribution in [2.45, 2.75) is 49.8 Å². The number of nitrogens with one attached hydrogen (secondary N) is 2. The predicted octanol–water partition coefficient (Wildman–Crippen LogP) is 1.16. The van der Waals surface area contributed by atoms with E-state index in [1.807, 2.05) is 17.0 Å². The number of hydrogen-bond donors (Lipinski definition) is 2. The molecule has 2 atom stereocenters. The Kier molecular flexibility index (Phi) is 4.05. The lowest BCUT2D eigenvalue weighted by Crippen LogP contribution is -2.51. The number of piperidine rings is 1. The minimum atomic E-state index is -0.147. The number of carbonyl (C=O) groups excluding carboxylic acids is 1. The molecule has 23 heavy (non-hydrogen) atoms. The van der Waals surface area contributed by atoms with E-state index < -0.39 is 0 Å². The van der Waals surface area contributed by atoms with Gasteiger partial charge in [-0.15, -0.1) is 0 Å². The monoisotopic (exact) mass is 316 g/mol. The van der Waals surface area contributed by atoms with Crippen molar-refractivity contribution in [1.29, 1.82) is 0 Å². The summed E-state index contributed by atoms with van der Waals surface area (Å²) in [7, 11) is 0. The Labute approximate surface area is 136 Å². The third-order valence-corrected chi connectivity index (χ3v) is 5.48. The van der Waals surface area contributed by atoms with Crippen LogP contribution >= 0.6 is 0 Å². The Morgan fingerprint density at radius 1 is 1.22 bits per heavy atom. The lowest BCUT2D eigenvalue weighted by molar-refractivity contribution is -0.138. The molecule has 1 aromatic rings. The summed E-state index contributed by atoms with van der Waals surface area (Å²) in [6.07, 6.45) is 8.63. The molecule has 3 fully saturated rings. The van der Waals surface area contributed by atoms with Crippen molar-refractivity contribution in [3.05, 3.63) is 30.1 Å². The summed E-state index contributed by atoms with van der Waals surface area (Å²) in [6.45, 7) is 2.52. The SMILES string of the molecule is O=C(C1CC(c2ccncc2)NN1)N1CCC2(CCCO2)CC1. The summed E-state index contributed by atoms with van der Waals surface area (Å²) < 4.78 is 5.94. The van der Waals surface area contributed by atoms with Gasteiger partial charge in [-0.1, -0.05) is 0 Å². The minimum absolute atomic E-state index is 0.0672. The number of nitrogens with zero attached hydrogens (tertiary/aromatic N) is 2. The van der Waals surface area contributed by atoms with Crippen molar-refractivity contribution in [2.24, 2.45) is 0 Å². The first-order chi connectivity index (χ1) is 11.3. The van der Waals surface area contributed by atoms with E-state index in [0.717, 1.165) is 51.8 Å². The van der Waals surface area contributed by atoms with Gasteiger partial charge in [-0.05, 0) is 49.8 Å². The molecule has 3 aliphatic heterocycles. The number of hydrazine groups is 1. The van der Waals surface area contributed by atoms with Crippen molar-refractivity contribution >= 4 is 5.91 Å². The molecule has 0 saturated carbocycles. The van der Waals surface area contributed by atoms with Crippen LogP contribution in [-0.4, -0.2) is 47.1 Å². The van der Waals surface area contributed by atoms with Gasteiger partial charge in [0.1, 0.15) is 6.04 Å². The first kappa shape index (κ1) is 15.1. The Bertz CT molecular complexity index is 549. The number of likely N-dealkylation sites (tertiary alicyclic amines) is 1. The zero-order valence-corrected chi connectivity index (χ0v) is 13.3. The molecule has 3 aliphatic rings. The molecule has 0 radical (unpaired) electrons. The van der Waals surface area contributed by atoms with Crippen LogP contribution in [0.25, 0.3) is 0 Å². The topological polar surface area (TPSA) is 66.5 Å². The van der Waals surface area contributed by atoms with E-state index in [1.54, 1.807) is 12.4 Å². The molecule has 2 unspecified atom stereocenters. The average molecular weight is 316 g/mol. The van der Waals surface area contributed by atoms with Crippen LogP contribution in [0, 0.1) is 0 Å². The molecule has 124 valence electrons. The number of hydrogen-bond acceptors (Lipinski definition) is 5. The fraction of sp³-hybridized carbons (Fsp3) is 0.647. The smallest absolute Gasteiger partial charge is 0.241 e. The van der Waals surface area contributed by atoms with Crippen LogP contribution in [0.3, 0.4) is 0 Å². The molecule has 0 bridgehead atoms. The van der Waals surface area contributed by atoms with Gasteiger partial charge in [0, 0.05) is 38.1 Å². The minimum Gasteiger partial charge on any atom is -0.375 e. The quantitative estimate of drug-likeness (QED) is 0.857. The summed E-state index contributed by atoms with van der Waals surface area (Å²) in [5.74, 6) is 0.210. The van der Waals surface area contributed by atoms with Crippen LogP contribution in [0.5, 0.6) is 0 Å². The number of ether oxygens (including phenoxy) is 1. The van der Waals surface area contributed by atoms with Gasteiger partial charge in [-0.3, -0.25) is 9.78 Å². The fourth-order valence-electron chi connectivity index (χ4n) is 4.04. The molecule has 1 spiro atoms. The Hall–Kier alpha value is -1.50. The van der Waals surface area contributed by atoms with E-state index in [9.17, 15) is 4.79 Å². The number of aromatic nitrogens is 1. The van der Waals surface area contributed by atoms with Crippen LogP contribution in [0.1, 0.15) is 43.7 Å². The summed E-state index contributed by atoms with van der Waals surface area (Å²) in [5.41, 5.74) is 7.65. The third kappa shape index (κ3) is 2.98.